The van der Waals surface area contributed by atoms with Gasteiger partial charge in [0.05, 0.1) is 18.1 Å². The van der Waals surface area contributed by atoms with Gasteiger partial charge in [-0.3, -0.25) is 19.1 Å². The lowest BCUT2D eigenvalue weighted by Crippen LogP contribution is -2.43. The van der Waals surface area contributed by atoms with Gasteiger partial charge in [-0.2, -0.15) is 0 Å². The van der Waals surface area contributed by atoms with Crippen molar-refractivity contribution in [3.63, 3.8) is 0 Å². The summed E-state index contributed by atoms with van der Waals surface area (Å²) in [5.41, 5.74) is -0.463. The smallest absolute Gasteiger partial charge is 0.268 e. The highest BCUT2D eigenvalue weighted by Crippen LogP contribution is 2.29. The molecule has 2 aliphatic heterocycles. The Hall–Kier alpha value is -2.52. The second-order valence-corrected chi connectivity index (χ2v) is 8.82. The number of carbonyl (C=O) groups is 1. The van der Waals surface area contributed by atoms with Gasteiger partial charge in [-0.1, -0.05) is 0 Å². The third kappa shape index (κ3) is 3.80. The molecule has 1 amide bonds. The summed E-state index contributed by atoms with van der Waals surface area (Å²) in [4.78, 5) is 32.9. The second kappa shape index (κ2) is 8.20. The number of hydrogen-bond donors (Lipinski definition) is 2. The van der Waals surface area contributed by atoms with Crippen LogP contribution in [0.3, 0.4) is 0 Å². The van der Waals surface area contributed by atoms with E-state index in [0.717, 1.165) is 13.0 Å². The molecule has 2 N–H and O–H groups in total. The molecule has 8 nitrogen and oxygen atoms in total. The average Bonchev–Trinajstić information content (AvgIpc) is 3.39. The Balaban J connectivity index is 1.44. The molecule has 3 fully saturated rings. The molecule has 166 valence electrons. The summed E-state index contributed by atoms with van der Waals surface area (Å²) < 4.78 is 20.5. The highest BCUT2D eigenvalue weighted by Gasteiger charge is 2.38. The molecule has 5 rings (SSSR count). The van der Waals surface area contributed by atoms with Gasteiger partial charge >= 0.3 is 0 Å². The van der Waals surface area contributed by atoms with Gasteiger partial charge < -0.3 is 15.2 Å². The van der Waals surface area contributed by atoms with Crippen LogP contribution in [-0.4, -0.2) is 69.5 Å². The number of aromatic hydroxyl groups is 1. The number of fused-ring (bicyclic) bond motifs is 3. The maximum Gasteiger partial charge on any atom is 0.268 e. The van der Waals surface area contributed by atoms with Crippen LogP contribution < -0.4 is 10.9 Å². The maximum atomic E-state index is 13.4. The lowest BCUT2D eigenvalue weighted by Gasteiger charge is -2.27. The van der Waals surface area contributed by atoms with Crippen LogP contribution in [0.1, 0.15) is 42.5 Å². The number of alkyl halides is 1. The van der Waals surface area contributed by atoms with Crippen molar-refractivity contribution in [3.8, 4) is 5.75 Å². The molecule has 3 aliphatic rings. The summed E-state index contributed by atoms with van der Waals surface area (Å²) in [5.74, 6) is -0.965. The summed E-state index contributed by atoms with van der Waals surface area (Å²) in [7, 11) is 0. The van der Waals surface area contributed by atoms with Crippen molar-refractivity contribution in [1.29, 1.82) is 0 Å². The van der Waals surface area contributed by atoms with E-state index in [0.29, 0.717) is 62.5 Å². The molecule has 9 heteroatoms. The first-order chi connectivity index (χ1) is 15.0. The molecule has 0 spiro atoms. The van der Waals surface area contributed by atoms with Crippen LogP contribution >= 0.6 is 0 Å². The van der Waals surface area contributed by atoms with Crippen LogP contribution in [0.15, 0.2) is 23.1 Å². The molecular weight excluding hydrogens is 403 g/mol. The van der Waals surface area contributed by atoms with E-state index < -0.39 is 17.6 Å². The molecular formula is C22H27FN4O4. The SMILES string of the molecule is O=C(NC1CCC(F)CC1)c1c(O)c2cccnc2n(CCN2CC3CC2CO3)c1=O. The number of likely N-dealkylation sites (tertiary alicyclic amines) is 1. The fourth-order valence-electron chi connectivity index (χ4n) is 5.11. The van der Waals surface area contributed by atoms with Gasteiger partial charge in [-0.15, -0.1) is 0 Å². The quantitative estimate of drug-likeness (QED) is 0.748. The largest absolute Gasteiger partial charge is 0.506 e. The monoisotopic (exact) mass is 430 g/mol. The molecule has 0 radical (unpaired) electrons. The predicted octanol–water partition coefficient (Wildman–Crippen LogP) is 1.59. The number of aromatic nitrogens is 2. The second-order valence-electron chi connectivity index (χ2n) is 8.82. The lowest BCUT2D eigenvalue weighted by molar-refractivity contribution is 0.0294. The van der Waals surface area contributed by atoms with Crippen LogP contribution in [-0.2, 0) is 11.3 Å². The van der Waals surface area contributed by atoms with Crippen molar-refractivity contribution >= 4 is 16.9 Å². The molecule has 2 unspecified atom stereocenters. The van der Waals surface area contributed by atoms with Crippen LogP contribution in [0.2, 0.25) is 0 Å². The van der Waals surface area contributed by atoms with Crippen molar-refractivity contribution in [2.24, 2.45) is 0 Å². The number of nitrogens with zero attached hydrogens (tertiary/aromatic N) is 3. The molecule has 2 aromatic rings. The zero-order valence-corrected chi connectivity index (χ0v) is 17.3. The molecule has 2 bridgehead atoms. The fraction of sp³-hybridized carbons (Fsp3) is 0.591. The Morgan fingerprint density at radius 1 is 1.29 bits per heavy atom. The Bertz CT molecular complexity index is 1050. The van der Waals surface area contributed by atoms with E-state index in [9.17, 15) is 19.1 Å². The summed E-state index contributed by atoms with van der Waals surface area (Å²) >= 11 is 0. The molecule has 1 aliphatic carbocycles. The Kier molecular flexibility index (Phi) is 5.39. The topological polar surface area (TPSA) is 96.7 Å². The summed E-state index contributed by atoms with van der Waals surface area (Å²) in [5, 5.41) is 14.0. The van der Waals surface area contributed by atoms with E-state index in [4.69, 9.17) is 4.74 Å². The number of morpholine rings is 1. The first kappa shape index (κ1) is 20.4. The average molecular weight is 430 g/mol. The predicted molar refractivity (Wildman–Crippen MR) is 112 cm³/mol. The van der Waals surface area contributed by atoms with E-state index in [1.807, 2.05) is 0 Å². The van der Waals surface area contributed by atoms with E-state index >= 15 is 0 Å². The normalized spacial score (nSPS) is 28.3. The van der Waals surface area contributed by atoms with Gasteiger partial charge in [0, 0.05) is 37.9 Å². The van der Waals surface area contributed by atoms with Crippen LogP contribution in [0.5, 0.6) is 5.75 Å². The number of rotatable bonds is 5. The number of ether oxygens (including phenoxy) is 1. The van der Waals surface area contributed by atoms with Crippen molar-refractivity contribution in [1.82, 2.24) is 19.8 Å². The third-order valence-corrected chi connectivity index (χ3v) is 6.84. The number of carbonyl (C=O) groups excluding carboxylic acids is 1. The van der Waals surface area contributed by atoms with Gasteiger partial charge in [0.25, 0.3) is 11.5 Å². The fourth-order valence-corrected chi connectivity index (χ4v) is 5.11. The number of nitrogens with one attached hydrogen (secondary N) is 1. The number of pyridine rings is 2. The van der Waals surface area contributed by atoms with Crippen LogP contribution in [0.4, 0.5) is 4.39 Å². The van der Waals surface area contributed by atoms with Gasteiger partial charge in [-0.25, -0.2) is 9.37 Å². The standard InChI is InChI=1S/C22H27FN4O4/c23-13-3-5-14(6-4-13)25-21(29)18-19(28)17-2-1-7-24-20(17)27(22(18)30)9-8-26-11-16-10-15(26)12-31-16/h1-2,7,13-16,28H,3-6,8-12H2,(H,25,29). The molecule has 0 aromatic carbocycles. The number of halogens is 1. The van der Waals surface area contributed by atoms with Gasteiger partial charge in [0.1, 0.15) is 23.1 Å². The summed E-state index contributed by atoms with van der Waals surface area (Å²) in [6.07, 6.45) is 3.84. The minimum Gasteiger partial charge on any atom is -0.506 e. The van der Waals surface area contributed by atoms with E-state index in [2.05, 4.69) is 15.2 Å². The van der Waals surface area contributed by atoms with Crippen molar-refractivity contribution in [2.75, 3.05) is 19.7 Å². The zero-order valence-electron chi connectivity index (χ0n) is 17.3. The summed E-state index contributed by atoms with van der Waals surface area (Å²) in [6, 6.07) is 3.49. The summed E-state index contributed by atoms with van der Waals surface area (Å²) in [6.45, 7) is 2.56. The van der Waals surface area contributed by atoms with E-state index in [1.165, 1.54) is 4.57 Å². The molecule has 2 aromatic heterocycles. The zero-order chi connectivity index (χ0) is 21.5. The third-order valence-electron chi connectivity index (χ3n) is 6.84. The van der Waals surface area contributed by atoms with Crippen molar-refractivity contribution < 1.29 is 19.0 Å². The first-order valence-electron chi connectivity index (χ1n) is 11.0. The highest BCUT2D eigenvalue weighted by molar-refractivity contribution is 6.01. The molecule has 2 saturated heterocycles. The molecule has 4 heterocycles. The number of amides is 1. The molecule has 1 saturated carbocycles. The van der Waals surface area contributed by atoms with Gasteiger partial charge in [0.15, 0.2) is 0 Å². The Morgan fingerprint density at radius 3 is 2.81 bits per heavy atom. The van der Waals surface area contributed by atoms with Gasteiger partial charge in [0.2, 0.25) is 0 Å². The Morgan fingerprint density at radius 2 is 2.10 bits per heavy atom. The van der Waals surface area contributed by atoms with Crippen molar-refractivity contribution in [3.05, 3.63) is 34.2 Å². The molecule has 31 heavy (non-hydrogen) atoms. The number of hydrogen-bond acceptors (Lipinski definition) is 6. The highest BCUT2D eigenvalue weighted by atomic mass is 19.1. The maximum absolute atomic E-state index is 13.4. The van der Waals surface area contributed by atoms with Crippen molar-refractivity contribution in [2.45, 2.75) is 63.0 Å². The minimum atomic E-state index is -0.836. The minimum absolute atomic E-state index is 0.198. The Labute approximate surface area is 179 Å². The lowest BCUT2D eigenvalue weighted by atomic mass is 9.94. The van der Waals surface area contributed by atoms with Crippen LogP contribution in [0.25, 0.3) is 11.0 Å². The molecule has 2 atom stereocenters. The van der Waals surface area contributed by atoms with Gasteiger partial charge in [-0.05, 0) is 44.2 Å². The van der Waals surface area contributed by atoms with E-state index in [1.54, 1.807) is 18.3 Å². The van der Waals surface area contributed by atoms with E-state index in [-0.39, 0.29) is 23.5 Å². The first-order valence-corrected chi connectivity index (χ1v) is 11.0. The van der Waals surface area contributed by atoms with Crippen LogP contribution in [0, 0.1) is 0 Å².